The van der Waals surface area contributed by atoms with Gasteiger partial charge in [-0.05, 0) is 180 Å². The van der Waals surface area contributed by atoms with Gasteiger partial charge in [-0.2, -0.15) is 0 Å². The van der Waals surface area contributed by atoms with Crippen molar-refractivity contribution in [3.63, 3.8) is 0 Å². The Balaban J connectivity index is 0.000000111. The maximum absolute atomic E-state index is 5.32. The number of fused-ring (bicyclic) bond motifs is 16. The molecule has 0 aliphatic heterocycles. The van der Waals surface area contributed by atoms with Crippen LogP contribution in [0.25, 0.3) is 288 Å². The van der Waals surface area contributed by atoms with Crippen LogP contribution in [0.3, 0.4) is 0 Å². The van der Waals surface area contributed by atoms with Crippen molar-refractivity contribution in [2.24, 2.45) is 0 Å². The molecule has 0 spiro atoms. The number of para-hydroxylation sites is 3. The Bertz CT molecular complexity index is 9900. The van der Waals surface area contributed by atoms with Crippen LogP contribution in [0.5, 0.6) is 0 Å². The van der Waals surface area contributed by atoms with Gasteiger partial charge in [-0.25, -0.2) is 39.9 Å². The number of pyridine rings is 4. The minimum absolute atomic E-state index is 0.613. The highest BCUT2D eigenvalue weighted by molar-refractivity contribution is 6.18. The topological polar surface area (TPSA) is 155 Å². The van der Waals surface area contributed by atoms with Crippen molar-refractivity contribution in [1.29, 1.82) is 0 Å². The number of hydrogen-bond acceptors (Lipinski definition) is 12. The molecular formula is C138H86N12. The summed E-state index contributed by atoms with van der Waals surface area (Å²) in [5, 5.41) is 24.5. The van der Waals surface area contributed by atoms with Crippen LogP contribution in [0.2, 0.25) is 0 Å². The summed E-state index contributed by atoms with van der Waals surface area (Å²) < 4.78 is 0. The molecule has 150 heavy (non-hydrogen) atoms. The normalized spacial score (nSPS) is 11.5. The van der Waals surface area contributed by atoms with Gasteiger partial charge < -0.3 is 0 Å². The molecule has 0 N–H and O–H groups in total. The molecular weight excluding hydrogens is 1830 g/mol. The standard InChI is InChI=1S/C47H29N3.C46H28N4.C45H29N5/c1-6-16-37-30(11-1)25-26-48-46(37)31-21-23-32(24-22-31)47-49-44(42-27-33-12-2-4-14-35(33)38-17-7-9-19-40(38)42)29-45(50-47)43-28-34-13-3-5-15-36(34)39-18-8-10-20-41(39)43;1-4-14-35-31(11-1)26-41(39-18-8-6-16-37(35)39)45-48-44(30-23-21-29(22-24-30)34-25-33-13-3-10-20-43(33)47-28-34)49-46(50-45)42-27-32-12-2-5-15-36(32)38-17-7-9-19-40(38)42;1-2-8-30(9-3-1)31-16-22-36(23-17-31)43-48-44(37-24-18-32(19-25-37)39-14-4-10-34-12-6-28-46-41(34)39)50-45(49-43)38-26-20-33(21-27-38)40-15-5-11-35-13-7-29-47-42(35)40/h1-29H;1-28H;1-29H. The number of hydrogen-bond donors (Lipinski definition) is 0. The molecule has 22 aromatic carbocycles. The maximum atomic E-state index is 5.32. The van der Waals surface area contributed by atoms with E-state index in [9.17, 15) is 0 Å². The van der Waals surface area contributed by atoms with E-state index in [1.807, 2.05) is 61.2 Å². The van der Waals surface area contributed by atoms with Gasteiger partial charge in [0, 0.05) is 119 Å². The van der Waals surface area contributed by atoms with Crippen molar-refractivity contribution in [1.82, 2.24) is 59.8 Å². The minimum atomic E-state index is 0.613. The number of aromatic nitrogens is 12. The molecule has 0 unspecified atom stereocenters. The van der Waals surface area contributed by atoms with Crippen molar-refractivity contribution in [3.05, 3.63) is 522 Å². The molecule has 0 saturated carbocycles. The highest BCUT2D eigenvalue weighted by Gasteiger charge is 2.24. The highest BCUT2D eigenvalue weighted by atomic mass is 15.0. The summed E-state index contributed by atoms with van der Waals surface area (Å²) in [6.45, 7) is 0. The first-order valence-electron chi connectivity index (χ1n) is 50.3. The lowest BCUT2D eigenvalue weighted by Crippen LogP contribution is -2.01. The van der Waals surface area contributed by atoms with E-state index >= 15 is 0 Å². The van der Waals surface area contributed by atoms with Crippen molar-refractivity contribution in [2.75, 3.05) is 0 Å². The second-order valence-electron chi connectivity index (χ2n) is 37.6. The molecule has 29 aromatic rings. The number of nitrogens with zero attached hydrogens (tertiary/aromatic N) is 12. The summed E-state index contributed by atoms with van der Waals surface area (Å²) in [6, 6.07) is 174. The van der Waals surface area contributed by atoms with E-state index in [0.29, 0.717) is 40.8 Å². The molecule has 0 bridgehead atoms. The zero-order valence-electron chi connectivity index (χ0n) is 81.0. The van der Waals surface area contributed by atoms with Gasteiger partial charge in [0.15, 0.2) is 40.8 Å². The van der Waals surface area contributed by atoms with Gasteiger partial charge >= 0.3 is 0 Å². The van der Waals surface area contributed by atoms with E-state index in [1.54, 1.807) is 0 Å². The van der Waals surface area contributed by atoms with Crippen LogP contribution >= 0.6 is 0 Å². The fourth-order valence-corrected chi connectivity index (χ4v) is 21.3. The third kappa shape index (κ3) is 16.8. The molecule has 0 fully saturated rings. The second kappa shape index (κ2) is 38.4. The van der Waals surface area contributed by atoms with Crippen LogP contribution in [0.4, 0.5) is 0 Å². The Hall–Kier alpha value is -20.3. The first-order valence-corrected chi connectivity index (χ1v) is 50.3. The maximum Gasteiger partial charge on any atom is 0.164 e. The summed E-state index contributed by atoms with van der Waals surface area (Å²) in [5.74, 6) is 4.45. The van der Waals surface area contributed by atoms with Crippen LogP contribution in [0, 0.1) is 0 Å². The minimum Gasteiger partial charge on any atom is -0.256 e. The van der Waals surface area contributed by atoms with Crippen LogP contribution < -0.4 is 0 Å². The summed E-state index contributed by atoms with van der Waals surface area (Å²) >= 11 is 0. The molecule has 0 aliphatic carbocycles. The summed E-state index contributed by atoms with van der Waals surface area (Å²) in [7, 11) is 0. The van der Waals surface area contributed by atoms with E-state index in [2.05, 4.69) is 476 Å². The van der Waals surface area contributed by atoms with Crippen molar-refractivity contribution in [3.8, 4) is 158 Å². The van der Waals surface area contributed by atoms with E-state index in [1.165, 1.54) is 75.6 Å². The molecule has 12 heteroatoms. The average Bonchev–Trinajstić information content (AvgIpc) is 0.747. The fourth-order valence-electron chi connectivity index (χ4n) is 21.3. The van der Waals surface area contributed by atoms with E-state index in [-0.39, 0.29) is 0 Å². The van der Waals surface area contributed by atoms with E-state index in [4.69, 9.17) is 44.9 Å². The summed E-state index contributed by atoms with van der Waals surface area (Å²) in [5.41, 5.74) is 24.3. The van der Waals surface area contributed by atoms with Gasteiger partial charge in [0.2, 0.25) is 0 Å². The lowest BCUT2D eigenvalue weighted by Gasteiger charge is -2.15. The van der Waals surface area contributed by atoms with Crippen molar-refractivity contribution < 1.29 is 0 Å². The zero-order chi connectivity index (χ0) is 99.3. The Morgan fingerprint density at radius 2 is 0.420 bits per heavy atom. The summed E-state index contributed by atoms with van der Waals surface area (Å²) in [6.07, 6.45) is 7.50. The van der Waals surface area contributed by atoms with Gasteiger partial charge in [-0.1, -0.05) is 437 Å². The SMILES string of the molecule is c1ccc(-c2ccc(-c3nc(-c4ccc(-c5cccc6cccnc56)cc4)nc(-c4ccc(-c5cccc6cccnc56)cc4)n3)cc2)cc1.c1ccc2c(-c3ccc(-c4nc(-c5cc6ccccc6c6ccccc56)cc(-c5cc6ccccc6c6ccccc56)n4)cc3)nccc2c1.c1ccc2ncc(-c3ccc(-c4nc(-c5cc6ccccc6c6ccccc56)nc(-c5cc6ccccc6c6ccccc56)n4)cc3)cc2c1. The van der Waals surface area contributed by atoms with Crippen LogP contribution in [0.15, 0.2) is 522 Å². The molecule has 12 nitrogen and oxygen atoms in total. The molecule has 0 aliphatic rings. The van der Waals surface area contributed by atoms with Crippen molar-refractivity contribution >= 4 is 130 Å². The number of benzene rings is 22. The zero-order valence-corrected chi connectivity index (χ0v) is 81.0. The predicted molar refractivity (Wildman–Crippen MR) is 619 cm³/mol. The molecule has 0 radical (unpaired) electrons. The Labute approximate surface area is 863 Å². The lowest BCUT2D eigenvalue weighted by atomic mass is 9.93. The van der Waals surface area contributed by atoms with Gasteiger partial charge in [0.05, 0.1) is 33.6 Å². The van der Waals surface area contributed by atoms with Gasteiger partial charge in [-0.15, -0.1) is 0 Å². The van der Waals surface area contributed by atoms with E-state index in [0.717, 1.165) is 171 Å². The monoisotopic (exact) mass is 1910 g/mol. The average molecular weight is 1910 g/mol. The molecule has 0 amide bonds. The molecule has 698 valence electrons. The Morgan fingerprint density at radius 3 is 0.847 bits per heavy atom. The van der Waals surface area contributed by atoms with E-state index < -0.39 is 0 Å². The largest absolute Gasteiger partial charge is 0.256 e. The van der Waals surface area contributed by atoms with Crippen molar-refractivity contribution in [2.45, 2.75) is 0 Å². The van der Waals surface area contributed by atoms with Gasteiger partial charge in [-0.3, -0.25) is 19.9 Å². The van der Waals surface area contributed by atoms with Crippen LogP contribution in [-0.2, 0) is 0 Å². The molecule has 7 aromatic heterocycles. The Kier molecular flexibility index (Phi) is 22.7. The quantitative estimate of drug-likeness (QED) is 0.0952. The molecule has 0 atom stereocenters. The lowest BCUT2D eigenvalue weighted by molar-refractivity contribution is 1.07. The highest BCUT2D eigenvalue weighted by Crippen LogP contribution is 2.45. The van der Waals surface area contributed by atoms with Gasteiger partial charge in [0.25, 0.3) is 0 Å². The first-order chi connectivity index (χ1) is 74.3. The Morgan fingerprint density at radius 1 is 0.127 bits per heavy atom. The first kappa shape index (κ1) is 88.6. The molecule has 0 saturated heterocycles. The molecule has 7 heterocycles. The van der Waals surface area contributed by atoms with Gasteiger partial charge in [0.1, 0.15) is 0 Å². The van der Waals surface area contributed by atoms with Crippen LogP contribution in [0.1, 0.15) is 0 Å². The summed E-state index contributed by atoms with van der Waals surface area (Å²) in [4.78, 5) is 60.2. The van der Waals surface area contributed by atoms with Crippen LogP contribution in [-0.4, -0.2) is 59.8 Å². The smallest absolute Gasteiger partial charge is 0.164 e. The number of rotatable bonds is 14. The second-order valence-corrected chi connectivity index (χ2v) is 37.6. The third-order valence-electron chi connectivity index (χ3n) is 28.7. The third-order valence-corrected chi connectivity index (χ3v) is 28.7. The predicted octanol–water partition coefficient (Wildman–Crippen LogP) is 35.0. The fraction of sp³-hybridized carbons (Fsp3) is 0. The molecule has 29 rings (SSSR count).